The van der Waals surface area contributed by atoms with Gasteiger partial charge in [-0.05, 0) is 44.2 Å². The van der Waals surface area contributed by atoms with Gasteiger partial charge in [0.15, 0.2) is 17.5 Å². The van der Waals surface area contributed by atoms with E-state index in [0.717, 1.165) is 12.1 Å². The molecule has 2 aromatic rings. The maximum absolute atomic E-state index is 13.9. The fourth-order valence-electron chi connectivity index (χ4n) is 3.78. The van der Waals surface area contributed by atoms with E-state index >= 15 is 0 Å². The highest BCUT2D eigenvalue weighted by atomic mass is 19.2. The van der Waals surface area contributed by atoms with Crippen LogP contribution >= 0.6 is 0 Å². The standard InChI is InChI=1S/C23H25F3N4O3/c1-3-10-29(12-20(32)28-17-9-8-15(24)22(25)23(17)26)13-21(33)30-14(2)11-19(31)27-16-6-4-5-7-18(16)30/h4-9,14H,3,10-13H2,1-2H3,(H,27,31)(H,28,32). The SMILES string of the molecule is CCCN(CC(=O)Nc1ccc(F)c(F)c1F)CC(=O)N1c2ccccc2NC(=O)CC1C. The largest absolute Gasteiger partial charge is 0.324 e. The van der Waals surface area contributed by atoms with Crippen molar-refractivity contribution in [2.24, 2.45) is 0 Å². The van der Waals surface area contributed by atoms with Gasteiger partial charge in [0, 0.05) is 12.5 Å². The average molecular weight is 462 g/mol. The van der Waals surface area contributed by atoms with Gasteiger partial charge in [0.05, 0.1) is 30.2 Å². The third-order valence-electron chi connectivity index (χ3n) is 5.20. The number of fused-ring (bicyclic) bond motifs is 1. The highest BCUT2D eigenvalue weighted by Gasteiger charge is 2.30. The third-order valence-corrected chi connectivity index (χ3v) is 5.20. The summed E-state index contributed by atoms with van der Waals surface area (Å²) in [5.41, 5.74) is 0.598. The molecule has 3 amide bonds. The highest BCUT2D eigenvalue weighted by Crippen LogP contribution is 2.31. The summed E-state index contributed by atoms with van der Waals surface area (Å²) in [6.07, 6.45) is 0.746. The lowest BCUT2D eigenvalue weighted by Crippen LogP contribution is -2.46. The number of hydrogen-bond acceptors (Lipinski definition) is 4. The molecule has 1 aliphatic rings. The van der Waals surface area contributed by atoms with Crippen LogP contribution in [0.5, 0.6) is 0 Å². The molecule has 1 heterocycles. The zero-order chi connectivity index (χ0) is 24.1. The quantitative estimate of drug-likeness (QED) is 0.617. The summed E-state index contributed by atoms with van der Waals surface area (Å²) in [4.78, 5) is 41.0. The van der Waals surface area contributed by atoms with Crippen molar-refractivity contribution in [2.45, 2.75) is 32.7 Å². The van der Waals surface area contributed by atoms with Crippen LogP contribution in [0.15, 0.2) is 36.4 Å². The van der Waals surface area contributed by atoms with Crippen LogP contribution in [-0.2, 0) is 14.4 Å². The van der Waals surface area contributed by atoms with Crippen molar-refractivity contribution in [3.05, 3.63) is 53.8 Å². The summed E-state index contributed by atoms with van der Waals surface area (Å²) >= 11 is 0. The van der Waals surface area contributed by atoms with Crippen molar-refractivity contribution in [1.82, 2.24) is 4.90 Å². The van der Waals surface area contributed by atoms with E-state index in [4.69, 9.17) is 0 Å². The van der Waals surface area contributed by atoms with Crippen LogP contribution in [0, 0.1) is 17.5 Å². The molecule has 0 spiro atoms. The first-order chi connectivity index (χ1) is 15.7. The maximum Gasteiger partial charge on any atom is 0.241 e. The van der Waals surface area contributed by atoms with E-state index in [2.05, 4.69) is 10.6 Å². The zero-order valence-electron chi connectivity index (χ0n) is 18.3. The number of anilines is 3. The number of carbonyl (C=O) groups is 3. The number of hydrogen-bond donors (Lipinski definition) is 2. The number of nitrogens with zero attached hydrogens (tertiary/aromatic N) is 2. The van der Waals surface area contributed by atoms with Crippen LogP contribution < -0.4 is 15.5 Å². The van der Waals surface area contributed by atoms with Crippen LogP contribution in [0.1, 0.15) is 26.7 Å². The lowest BCUT2D eigenvalue weighted by molar-refractivity contribution is -0.121. The van der Waals surface area contributed by atoms with Gasteiger partial charge in [-0.3, -0.25) is 19.3 Å². The van der Waals surface area contributed by atoms with Gasteiger partial charge in [-0.1, -0.05) is 19.1 Å². The van der Waals surface area contributed by atoms with E-state index in [9.17, 15) is 27.6 Å². The van der Waals surface area contributed by atoms with Crippen LogP contribution in [-0.4, -0.2) is 48.3 Å². The minimum atomic E-state index is -1.68. The van der Waals surface area contributed by atoms with Crippen molar-refractivity contribution in [1.29, 1.82) is 0 Å². The zero-order valence-corrected chi connectivity index (χ0v) is 18.3. The average Bonchev–Trinajstić information content (AvgIpc) is 2.88. The van der Waals surface area contributed by atoms with Gasteiger partial charge in [-0.2, -0.15) is 0 Å². The van der Waals surface area contributed by atoms with Gasteiger partial charge in [0.1, 0.15) is 0 Å². The fraction of sp³-hybridized carbons (Fsp3) is 0.348. The van der Waals surface area contributed by atoms with Crippen molar-refractivity contribution >= 4 is 34.8 Å². The molecule has 7 nitrogen and oxygen atoms in total. The first kappa shape index (κ1) is 24.2. The predicted octanol–water partition coefficient (Wildman–Crippen LogP) is 3.52. The van der Waals surface area contributed by atoms with Crippen molar-refractivity contribution in [3.63, 3.8) is 0 Å². The molecule has 0 fully saturated rings. The lowest BCUT2D eigenvalue weighted by Gasteiger charge is -2.30. The molecule has 0 saturated heterocycles. The molecule has 10 heteroatoms. The number of amides is 3. The summed E-state index contributed by atoms with van der Waals surface area (Å²) in [5.74, 6) is -5.72. The van der Waals surface area contributed by atoms with Crippen LogP contribution in [0.2, 0.25) is 0 Å². The van der Waals surface area contributed by atoms with E-state index in [1.807, 2.05) is 6.92 Å². The molecule has 0 bridgehead atoms. The van der Waals surface area contributed by atoms with Crippen LogP contribution in [0.25, 0.3) is 0 Å². The second-order valence-electron chi connectivity index (χ2n) is 7.86. The Morgan fingerprint density at radius 3 is 2.58 bits per heavy atom. The minimum absolute atomic E-state index is 0.115. The fourth-order valence-corrected chi connectivity index (χ4v) is 3.78. The molecular weight excluding hydrogens is 437 g/mol. The van der Waals surface area contributed by atoms with Crippen molar-refractivity contribution < 1.29 is 27.6 Å². The Balaban J connectivity index is 1.74. The number of halogens is 3. The molecule has 2 aromatic carbocycles. The summed E-state index contributed by atoms with van der Waals surface area (Å²) in [6, 6.07) is 8.20. The van der Waals surface area contributed by atoms with Gasteiger partial charge in [0.2, 0.25) is 17.7 Å². The number of nitrogens with one attached hydrogen (secondary N) is 2. The number of para-hydroxylation sites is 2. The Morgan fingerprint density at radius 1 is 1.12 bits per heavy atom. The predicted molar refractivity (Wildman–Crippen MR) is 118 cm³/mol. The summed E-state index contributed by atoms with van der Waals surface area (Å²) in [6.45, 7) is 3.63. The first-order valence-corrected chi connectivity index (χ1v) is 10.6. The Morgan fingerprint density at radius 2 is 1.85 bits per heavy atom. The summed E-state index contributed by atoms with van der Waals surface area (Å²) in [5, 5.41) is 5.00. The number of benzene rings is 2. The molecule has 1 unspecified atom stereocenters. The molecule has 0 saturated carbocycles. The van der Waals surface area contributed by atoms with Gasteiger partial charge in [-0.15, -0.1) is 0 Å². The molecule has 0 aromatic heterocycles. The molecule has 3 rings (SSSR count). The molecular formula is C23H25F3N4O3. The molecule has 1 atom stereocenters. The number of rotatable bonds is 7. The van der Waals surface area contributed by atoms with Gasteiger partial charge >= 0.3 is 0 Å². The number of carbonyl (C=O) groups excluding carboxylic acids is 3. The maximum atomic E-state index is 13.9. The van der Waals surface area contributed by atoms with E-state index in [1.54, 1.807) is 36.1 Å². The van der Waals surface area contributed by atoms with E-state index < -0.39 is 35.1 Å². The van der Waals surface area contributed by atoms with Crippen molar-refractivity contribution in [2.75, 3.05) is 35.2 Å². The Labute approximate surface area is 189 Å². The van der Waals surface area contributed by atoms with Gasteiger partial charge in [0.25, 0.3) is 0 Å². The van der Waals surface area contributed by atoms with E-state index in [1.165, 1.54) is 4.90 Å². The Kier molecular flexibility index (Phi) is 7.70. The minimum Gasteiger partial charge on any atom is -0.324 e. The Hall–Kier alpha value is -3.40. The summed E-state index contributed by atoms with van der Waals surface area (Å²) < 4.78 is 40.4. The highest BCUT2D eigenvalue weighted by molar-refractivity contribution is 6.05. The lowest BCUT2D eigenvalue weighted by atomic mass is 10.1. The first-order valence-electron chi connectivity index (χ1n) is 10.6. The summed E-state index contributed by atoms with van der Waals surface area (Å²) in [7, 11) is 0. The molecule has 176 valence electrons. The molecule has 2 N–H and O–H groups in total. The molecule has 0 aliphatic carbocycles. The van der Waals surface area contributed by atoms with Gasteiger partial charge in [-0.25, -0.2) is 13.2 Å². The smallest absolute Gasteiger partial charge is 0.241 e. The van der Waals surface area contributed by atoms with E-state index in [-0.39, 0.29) is 31.3 Å². The second-order valence-corrected chi connectivity index (χ2v) is 7.86. The second kappa shape index (κ2) is 10.5. The van der Waals surface area contributed by atoms with Crippen molar-refractivity contribution in [3.8, 4) is 0 Å². The van der Waals surface area contributed by atoms with Gasteiger partial charge < -0.3 is 15.5 Å². The van der Waals surface area contributed by atoms with Crippen LogP contribution in [0.4, 0.5) is 30.2 Å². The topological polar surface area (TPSA) is 81.8 Å². The van der Waals surface area contributed by atoms with E-state index in [0.29, 0.717) is 24.3 Å². The molecule has 33 heavy (non-hydrogen) atoms. The third kappa shape index (κ3) is 5.70. The van der Waals surface area contributed by atoms with Crippen LogP contribution in [0.3, 0.4) is 0 Å². The normalized spacial score (nSPS) is 15.6. The Bertz CT molecular complexity index is 1060. The molecule has 1 aliphatic heterocycles. The molecule has 0 radical (unpaired) electrons. The monoisotopic (exact) mass is 462 g/mol.